The minimum Gasteiger partial charge on any atom is -0.481 e. The highest BCUT2D eigenvalue weighted by Crippen LogP contribution is 2.12. The van der Waals surface area contributed by atoms with Crippen molar-refractivity contribution in [3.63, 3.8) is 0 Å². The Morgan fingerprint density at radius 3 is 2.65 bits per heavy atom. The molecule has 0 spiro atoms. The predicted molar refractivity (Wildman–Crippen MR) is 63.9 cm³/mol. The first-order valence-electron chi connectivity index (χ1n) is 5.83. The van der Waals surface area contributed by atoms with Crippen LogP contribution >= 0.6 is 0 Å². The summed E-state index contributed by atoms with van der Waals surface area (Å²) in [7, 11) is 4.00. The van der Waals surface area contributed by atoms with Crippen LogP contribution in [0.25, 0.3) is 0 Å². The largest absolute Gasteiger partial charge is 0.481 e. The van der Waals surface area contributed by atoms with E-state index in [2.05, 4.69) is 10.2 Å². The molecule has 1 aliphatic heterocycles. The number of hydrogen-bond donors (Lipinski definition) is 2. The molecule has 0 aliphatic carbocycles. The normalized spacial score (nSPS) is 21.6. The van der Waals surface area contributed by atoms with E-state index in [1.165, 1.54) is 0 Å². The molecule has 2 N–H and O–H groups in total. The molecule has 6 nitrogen and oxygen atoms in total. The van der Waals surface area contributed by atoms with Gasteiger partial charge in [0, 0.05) is 25.7 Å². The van der Waals surface area contributed by atoms with Crippen LogP contribution in [0.3, 0.4) is 0 Å². The third-order valence-corrected chi connectivity index (χ3v) is 3.16. The number of aliphatic carboxylic acids is 1. The lowest BCUT2D eigenvalue weighted by molar-refractivity contribution is -0.140. The molecular formula is C11H21N3O3. The fourth-order valence-electron chi connectivity index (χ4n) is 1.79. The number of hydrogen-bond acceptors (Lipinski definition) is 3. The van der Waals surface area contributed by atoms with E-state index in [1.807, 2.05) is 14.1 Å². The maximum atomic E-state index is 11.7. The number of rotatable bonds is 4. The molecule has 0 aromatic rings. The zero-order chi connectivity index (χ0) is 13.0. The molecule has 0 radical (unpaired) electrons. The van der Waals surface area contributed by atoms with Gasteiger partial charge in [0.05, 0.1) is 5.92 Å². The Morgan fingerprint density at radius 1 is 1.53 bits per heavy atom. The lowest BCUT2D eigenvalue weighted by Gasteiger charge is -2.21. The SMILES string of the molecule is CC(CNC(=O)N1CCC(N(C)C)C1)C(=O)O. The summed E-state index contributed by atoms with van der Waals surface area (Å²) in [5.74, 6) is -1.44. The summed E-state index contributed by atoms with van der Waals surface area (Å²) in [4.78, 5) is 26.2. The van der Waals surface area contributed by atoms with Crippen LogP contribution in [0.15, 0.2) is 0 Å². The number of nitrogens with one attached hydrogen (secondary N) is 1. The summed E-state index contributed by atoms with van der Waals surface area (Å²) < 4.78 is 0. The van der Waals surface area contributed by atoms with Crippen LogP contribution in [0.4, 0.5) is 4.79 Å². The predicted octanol–water partition coefficient (Wildman–Crippen LogP) is 0.0526. The van der Waals surface area contributed by atoms with Crippen LogP contribution in [0.1, 0.15) is 13.3 Å². The number of nitrogens with zero attached hydrogens (tertiary/aromatic N) is 2. The average Bonchev–Trinajstić information content (AvgIpc) is 2.74. The van der Waals surface area contributed by atoms with Gasteiger partial charge in [-0.25, -0.2) is 4.79 Å². The van der Waals surface area contributed by atoms with Gasteiger partial charge in [0.25, 0.3) is 0 Å². The number of carboxylic acid groups (broad SMARTS) is 1. The molecule has 0 aromatic carbocycles. The number of amides is 2. The number of likely N-dealkylation sites (N-methyl/N-ethyl adjacent to an activating group) is 1. The van der Waals surface area contributed by atoms with Crippen molar-refractivity contribution in [2.45, 2.75) is 19.4 Å². The van der Waals surface area contributed by atoms with Crippen LogP contribution in [0, 0.1) is 5.92 Å². The van der Waals surface area contributed by atoms with E-state index in [9.17, 15) is 9.59 Å². The molecule has 1 aliphatic rings. The number of carboxylic acids is 1. The monoisotopic (exact) mass is 243 g/mol. The number of carbonyl (C=O) groups excluding carboxylic acids is 1. The summed E-state index contributed by atoms with van der Waals surface area (Å²) in [5, 5.41) is 11.4. The summed E-state index contributed by atoms with van der Waals surface area (Å²) >= 11 is 0. The van der Waals surface area contributed by atoms with Crippen LogP contribution in [-0.4, -0.2) is 66.7 Å². The van der Waals surface area contributed by atoms with E-state index in [-0.39, 0.29) is 12.6 Å². The fourth-order valence-corrected chi connectivity index (χ4v) is 1.79. The molecule has 1 rings (SSSR count). The van der Waals surface area contributed by atoms with Gasteiger partial charge in [0.15, 0.2) is 0 Å². The third kappa shape index (κ3) is 3.89. The fraction of sp³-hybridized carbons (Fsp3) is 0.818. The minimum atomic E-state index is -0.891. The molecule has 6 heteroatoms. The molecule has 17 heavy (non-hydrogen) atoms. The zero-order valence-corrected chi connectivity index (χ0v) is 10.6. The van der Waals surface area contributed by atoms with Crippen LogP contribution in [0.5, 0.6) is 0 Å². The van der Waals surface area contributed by atoms with Crippen molar-refractivity contribution in [2.24, 2.45) is 5.92 Å². The van der Waals surface area contributed by atoms with Crippen molar-refractivity contribution in [3.8, 4) is 0 Å². The highest BCUT2D eigenvalue weighted by Gasteiger charge is 2.27. The summed E-state index contributed by atoms with van der Waals surface area (Å²) in [5.41, 5.74) is 0. The highest BCUT2D eigenvalue weighted by atomic mass is 16.4. The van der Waals surface area contributed by atoms with Crippen molar-refractivity contribution in [1.29, 1.82) is 0 Å². The molecule has 0 saturated carbocycles. The Bertz CT molecular complexity index is 294. The van der Waals surface area contributed by atoms with E-state index >= 15 is 0 Å². The summed E-state index contributed by atoms with van der Waals surface area (Å²) in [6, 6.07) is 0.236. The first kappa shape index (κ1) is 13.8. The molecule has 1 heterocycles. The molecule has 2 unspecified atom stereocenters. The second kappa shape index (κ2) is 5.86. The first-order valence-corrected chi connectivity index (χ1v) is 5.83. The summed E-state index contributed by atoms with van der Waals surface area (Å²) in [6.45, 7) is 3.20. The Labute approximate surface area is 102 Å². The molecule has 2 amide bonds. The maximum absolute atomic E-state index is 11.7. The molecule has 0 bridgehead atoms. The van der Waals surface area contributed by atoms with E-state index in [4.69, 9.17) is 5.11 Å². The second-order valence-electron chi connectivity index (χ2n) is 4.78. The second-order valence-corrected chi connectivity index (χ2v) is 4.78. The van der Waals surface area contributed by atoms with Crippen molar-refractivity contribution in [2.75, 3.05) is 33.7 Å². The van der Waals surface area contributed by atoms with Gasteiger partial charge in [-0.3, -0.25) is 4.79 Å². The highest BCUT2D eigenvalue weighted by molar-refractivity contribution is 5.76. The number of urea groups is 1. The van der Waals surface area contributed by atoms with Crippen molar-refractivity contribution in [1.82, 2.24) is 15.1 Å². The summed E-state index contributed by atoms with van der Waals surface area (Å²) in [6.07, 6.45) is 0.967. The van der Waals surface area contributed by atoms with Gasteiger partial charge in [-0.1, -0.05) is 6.92 Å². The molecule has 0 aromatic heterocycles. The number of likely N-dealkylation sites (tertiary alicyclic amines) is 1. The minimum absolute atomic E-state index is 0.164. The number of carbonyl (C=O) groups is 2. The van der Waals surface area contributed by atoms with E-state index in [1.54, 1.807) is 11.8 Å². The van der Waals surface area contributed by atoms with Crippen molar-refractivity contribution >= 4 is 12.0 Å². The smallest absolute Gasteiger partial charge is 0.317 e. The molecule has 1 saturated heterocycles. The van der Waals surface area contributed by atoms with Gasteiger partial charge in [-0.05, 0) is 20.5 Å². The van der Waals surface area contributed by atoms with E-state index < -0.39 is 11.9 Å². The Balaban J connectivity index is 2.32. The average molecular weight is 243 g/mol. The molecular weight excluding hydrogens is 222 g/mol. The van der Waals surface area contributed by atoms with Crippen LogP contribution in [-0.2, 0) is 4.79 Å². The molecule has 98 valence electrons. The van der Waals surface area contributed by atoms with Gasteiger partial charge in [0.2, 0.25) is 0 Å². The first-order chi connectivity index (χ1) is 7.91. The van der Waals surface area contributed by atoms with E-state index in [0.29, 0.717) is 12.6 Å². The van der Waals surface area contributed by atoms with Gasteiger partial charge in [-0.15, -0.1) is 0 Å². The lowest BCUT2D eigenvalue weighted by atomic mass is 10.2. The quantitative estimate of drug-likeness (QED) is 0.732. The van der Waals surface area contributed by atoms with Crippen LogP contribution < -0.4 is 5.32 Å². The standard InChI is InChI=1S/C11H21N3O3/c1-8(10(15)16)6-12-11(17)14-5-4-9(7-14)13(2)3/h8-9H,4-7H2,1-3H3,(H,12,17)(H,15,16). The molecule has 1 fully saturated rings. The van der Waals surface area contributed by atoms with Crippen molar-refractivity contribution < 1.29 is 14.7 Å². The topological polar surface area (TPSA) is 72.9 Å². The molecule has 2 atom stereocenters. The third-order valence-electron chi connectivity index (χ3n) is 3.16. The van der Waals surface area contributed by atoms with Gasteiger partial charge >= 0.3 is 12.0 Å². The van der Waals surface area contributed by atoms with Gasteiger partial charge in [-0.2, -0.15) is 0 Å². The van der Waals surface area contributed by atoms with E-state index in [0.717, 1.165) is 13.0 Å². The Hall–Kier alpha value is -1.30. The van der Waals surface area contributed by atoms with Gasteiger partial charge < -0.3 is 20.2 Å². The zero-order valence-electron chi connectivity index (χ0n) is 10.6. The Morgan fingerprint density at radius 2 is 2.18 bits per heavy atom. The Kier molecular flexibility index (Phi) is 4.74. The van der Waals surface area contributed by atoms with Crippen molar-refractivity contribution in [3.05, 3.63) is 0 Å². The van der Waals surface area contributed by atoms with Gasteiger partial charge in [0.1, 0.15) is 0 Å². The maximum Gasteiger partial charge on any atom is 0.317 e. The van der Waals surface area contributed by atoms with Crippen LogP contribution in [0.2, 0.25) is 0 Å². The lowest BCUT2D eigenvalue weighted by Crippen LogP contribution is -2.42.